The minimum Gasteiger partial charge on any atom is -0.396 e. The van der Waals surface area contributed by atoms with E-state index in [0.717, 1.165) is 54.1 Å². The van der Waals surface area contributed by atoms with Crippen molar-refractivity contribution in [1.82, 2.24) is 9.97 Å². The molecule has 2 heterocycles. The smallest absolute Gasteiger partial charge is 0.138 e. The number of aliphatic hydroxyl groups excluding tert-OH is 1. The van der Waals surface area contributed by atoms with Crippen molar-refractivity contribution in [2.75, 3.05) is 18.5 Å². The van der Waals surface area contributed by atoms with Gasteiger partial charge < -0.3 is 10.4 Å². The Bertz CT molecular complexity index is 539. The van der Waals surface area contributed by atoms with Gasteiger partial charge in [0, 0.05) is 18.0 Å². The quantitative estimate of drug-likeness (QED) is 0.764. The number of thiophene rings is 1. The fourth-order valence-electron chi connectivity index (χ4n) is 2.01. The summed E-state index contributed by atoms with van der Waals surface area (Å²) in [6.45, 7) is 5.26. The maximum Gasteiger partial charge on any atom is 0.138 e. The van der Waals surface area contributed by atoms with Gasteiger partial charge >= 0.3 is 0 Å². The summed E-state index contributed by atoms with van der Waals surface area (Å²) in [5, 5.41) is 13.3. The number of hydrogen-bond acceptors (Lipinski definition) is 5. The van der Waals surface area contributed by atoms with Gasteiger partial charge in [0.25, 0.3) is 0 Å². The Balaban J connectivity index is 2.10. The van der Waals surface area contributed by atoms with Gasteiger partial charge in [-0.25, -0.2) is 9.97 Å². The molecule has 0 spiro atoms. The van der Waals surface area contributed by atoms with Crippen LogP contribution in [0.15, 0.2) is 6.07 Å². The van der Waals surface area contributed by atoms with Crippen LogP contribution >= 0.6 is 11.3 Å². The number of unbranched alkanes of at least 4 members (excludes halogenated alkanes) is 2. The van der Waals surface area contributed by atoms with Crippen LogP contribution in [0.1, 0.15) is 36.9 Å². The van der Waals surface area contributed by atoms with E-state index in [1.165, 1.54) is 4.88 Å². The lowest BCUT2D eigenvalue weighted by molar-refractivity contribution is 0.283. The molecule has 0 aliphatic heterocycles. The Labute approximate surface area is 117 Å². The van der Waals surface area contributed by atoms with E-state index in [1.54, 1.807) is 11.3 Å². The summed E-state index contributed by atoms with van der Waals surface area (Å²) < 4.78 is 0. The summed E-state index contributed by atoms with van der Waals surface area (Å²) in [5.74, 6) is 1.76. The average molecular weight is 279 g/mol. The van der Waals surface area contributed by atoms with Gasteiger partial charge in [0.1, 0.15) is 16.5 Å². The molecular formula is C14H21N3OS. The molecule has 2 aromatic rings. The highest BCUT2D eigenvalue weighted by atomic mass is 32.1. The third-order valence-electron chi connectivity index (χ3n) is 3.03. The van der Waals surface area contributed by atoms with Crippen LogP contribution in [-0.2, 0) is 6.42 Å². The summed E-state index contributed by atoms with van der Waals surface area (Å²) in [6.07, 6.45) is 4.00. The van der Waals surface area contributed by atoms with Crippen LogP contribution in [0.4, 0.5) is 5.82 Å². The van der Waals surface area contributed by atoms with Crippen molar-refractivity contribution in [3.8, 4) is 0 Å². The second kappa shape index (κ2) is 6.82. The predicted molar refractivity (Wildman–Crippen MR) is 81.0 cm³/mol. The molecule has 104 valence electrons. The van der Waals surface area contributed by atoms with E-state index >= 15 is 0 Å². The predicted octanol–water partition coefficient (Wildman–Crippen LogP) is 3.14. The molecule has 0 radical (unpaired) electrons. The molecule has 0 unspecified atom stereocenters. The normalized spacial score (nSPS) is 11.1. The number of nitrogens with one attached hydrogen (secondary N) is 1. The molecule has 0 atom stereocenters. The van der Waals surface area contributed by atoms with Crippen molar-refractivity contribution in [2.45, 2.75) is 39.5 Å². The summed E-state index contributed by atoms with van der Waals surface area (Å²) in [4.78, 5) is 11.4. The molecule has 0 fully saturated rings. The molecule has 2 aromatic heterocycles. The number of aryl methyl sites for hydroxylation is 2. The van der Waals surface area contributed by atoms with Crippen LogP contribution in [0.2, 0.25) is 0 Å². The first kappa shape index (κ1) is 14.2. The van der Waals surface area contributed by atoms with Crippen LogP contribution in [0.3, 0.4) is 0 Å². The van der Waals surface area contributed by atoms with Crippen LogP contribution in [0, 0.1) is 6.92 Å². The molecule has 5 heteroatoms. The van der Waals surface area contributed by atoms with Crippen LogP contribution < -0.4 is 5.32 Å². The Kier molecular flexibility index (Phi) is 5.10. The van der Waals surface area contributed by atoms with E-state index < -0.39 is 0 Å². The van der Waals surface area contributed by atoms with Gasteiger partial charge in [-0.15, -0.1) is 11.3 Å². The van der Waals surface area contributed by atoms with Gasteiger partial charge in [-0.05, 0) is 38.7 Å². The molecule has 0 amide bonds. The van der Waals surface area contributed by atoms with Crippen molar-refractivity contribution in [3.63, 3.8) is 0 Å². The first-order valence-corrected chi connectivity index (χ1v) is 7.68. The number of fused-ring (bicyclic) bond motifs is 1. The lowest BCUT2D eigenvalue weighted by Gasteiger charge is -2.07. The molecule has 0 saturated heterocycles. The van der Waals surface area contributed by atoms with Gasteiger partial charge in [-0.1, -0.05) is 6.92 Å². The molecule has 4 nitrogen and oxygen atoms in total. The zero-order chi connectivity index (χ0) is 13.7. The largest absolute Gasteiger partial charge is 0.396 e. The third-order valence-corrected chi connectivity index (χ3v) is 4.20. The Morgan fingerprint density at radius 1 is 1.26 bits per heavy atom. The maximum absolute atomic E-state index is 8.75. The minimum absolute atomic E-state index is 0.279. The van der Waals surface area contributed by atoms with Gasteiger partial charge in [-0.3, -0.25) is 0 Å². The molecule has 2 rings (SSSR count). The van der Waals surface area contributed by atoms with E-state index in [1.807, 2.05) is 6.92 Å². The van der Waals surface area contributed by atoms with Gasteiger partial charge in [0.05, 0.1) is 5.39 Å². The molecule has 2 N–H and O–H groups in total. The number of aromatic nitrogens is 2. The topological polar surface area (TPSA) is 58.0 Å². The van der Waals surface area contributed by atoms with E-state index in [9.17, 15) is 0 Å². The highest BCUT2D eigenvalue weighted by molar-refractivity contribution is 7.18. The van der Waals surface area contributed by atoms with Crippen molar-refractivity contribution in [3.05, 3.63) is 16.8 Å². The van der Waals surface area contributed by atoms with Crippen molar-refractivity contribution >= 4 is 27.4 Å². The summed E-state index contributed by atoms with van der Waals surface area (Å²) in [6, 6.07) is 2.19. The Hall–Kier alpha value is -1.20. The van der Waals surface area contributed by atoms with Gasteiger partial charge in [0.15, 0.2) is 0 Å². The Morgan fingerprint density at radius 3 is 2.84 bits per heavy atom. The monoisotopic (exact) mass is 279 g/mol. The molecule has 0 bridgehead atoms. The average Bonchev–Trinajstić information content (AvgIpc) is 2.81. The van der Waals surface area contributed by atoms with E-state index in [4.69, 9.17) is 5.11 Å². The number of hydrogen-bond donors (Lipinski definition) is 2. The van der Waals surface area contributed by atoms with Crippen molar-refractivity contribution < 1.29 is 5.11 Å². The molecule has 0 aromatic carbocycles. The molecule has 0 aliphatic carbocycles. The number of rotatable bonds is 7. The SMILES string of the molecule is CCc1cc2c(NCCCCCO)nc(C)nc2s1. The summed E-state index contributed by atoms with van der Waals surface area (Å²) in [5.41, 5.74) is 0. The summed E-state index contributed by atoms with van der Waals surface area (Å²) >= 11 is 1.75. The van der Waals surface area contributed by atoms with Crippen LogP contribution in [0.25, 0.3) is 10.2 Å². The van der Waals surface area contributed by atoms with Gasteiger partial charge in [-0.2, -0.15) is 0 Å². The molecular weight excluding hydrogens is 258 g/mol. The fourth-order valence-corrected chi connectivity index (χ4v) is 3.02. The molecule has 0 aliphatic rings. The van der Waals surface area contributed by atoms with Crippen LogP contribution in [-0.4, -0.2) is 28.2 Å². The minimum atomic E-state index is 0.279. The number of aliphatic hydroxyl groups is 1. The molecule has 0 saturated carbocycles. The number of anilines is 1. The maximum atomic E-state index is 8.75. The zero-order valence-electron chi connectivity index (χ0n) is 11.6. The summed E-state index contributed by atoms with van der Waals surface area (Å²) in [7, 11) is 0. The first-order valence-electron chi connectivity index (χ1n) is 6.86. The van der Waals surface area contributed by atoms with Crippen molar-refractivity contribution in [2.24, 2.45) is 0 Å². The molecule has 19 heavy (non-hydrogen) atoms. The third kappa shape index (κ3) is 3.64. The van der Waals surface area contributed by atoms with E-state index in [-0.39, 0.29) is 6.61 Å². The van der Waals surface area contributed by atoms with Crippen LogP contribution in [0.5, 0.6) is 0 Å². The van der Waals surface area contributed by atoms with E-state index in [2.05, 4.69) is 28.3 Å². The van der Waals surface area contributed by atoms with Gasteiger partial charge in [0.2, 0.25) is 0 Å². The highest BCUT2D eigenvalue weighted by Gasteiger charge is 2.09. The lowest BCUT2D eigenvalue weighted by Crippen LogP contribution is -2.05. The lowest BCUT2D eigenvalue weighted by atomic mass is 10.2. The zero-order valence-corrected chi connectivity index (χ0v) is 12.4. The van der Waals surface area contributed by atoms with E-state index in [0.29, 0.717) is 0 Å². The number of nitrogens with zero attached hydrogens (tertiary/aromatic N) is 2. The second-order valence-corrected chi connectivity index (χ2v) is 5.73. The first-order chi connectivity index (χ1) is 9.24. The standard InChI is InChI=1S/C14H21N3OS/c1-3-11-9-12-13(15-7-5-4-6-8-18)16-10(2)17-14(12)19-11/h9,18H,3-8H2,1-2H3,(H,15,16,17). The van der Waals surface area contributed by atoms with Crippen molar-refractivity contribution in [1.29, 1.82) is 0 Å². The highest BCUT2D eigenvalue weighted by Crippen LogP contribution is 2.29. The second-order valence-electron chi connectivity index (χ2n) is 4.62. The fraction of sp³-hybridized carbons (Fsp3) is 0.571. The Morgan fingerprint density at radius 2 is 2.11 bits per heavy atom.